The fourth-order valence-corrected chi connectivity index (χ4v) is 5.03. The number of imidazole rings is 1. The van der Waals surface area contributed by atoms with E-state index in [1.165, 1.54) is 0 Å². The molecule has 162 valence electrons. The second kappa shape index (κ2) is 7.29. The summed E-state index contributed by atoms with van der Waals surface area (Å²) in [6.07, 6.45) is 0.852. The number of aryl methyl sites for hydroxylation is 1. The highest BCUT2D eigenvalue weighted by Crippen LogP contribution is 2.40. The van der Waals surface area contributed by atoms with Gasteiger partial charge in [-0.25, -0.2) is 9.97 Å². The number of furan rings is 1. The third kappa shape index (κ3) is 2.72. The maximum absolute atomic E-state index is 6.41. The molecule has 0 radical (unpaired) electrons. The first-order chi connectivity index (χ1) is 16.8. The van der Waals surface area contributed by atoms with Crippen molar-refractivity contribution in [2.45, 2.75) is 13.3 Å². The van der Waals surface area contributed by atoms with Crippen LogP contribution < -0.4 is 0 Å². The summed E-state index contributed by atoms with van der Waals surface area (Å²) in [6, 6.07) is 33.4. The van der Waals surface area contributed by atoms with Gasteiger partial charge in [-0.1, -0.05) is 61.5 Å². The smallest absolute Gasteiger partial charge is 0.162 e. The van der Waals surface area contributed by atoms with Gasteiger partial charge in [-0.3, -0.25) is 4.57 Å². The summed E-state index contributed by atoms with van der Waals surface area (Å²) in [5.74, 6) is 1.05. The van der Waals surface area contributed by atoms with Gasteiger partial charge >= 0.3 is 0 Å². The second-order valence-corrected chi connectivity index (χ2v) is 8.54. The predicted octanol–water partition coefficient (Wildman–Crippen LogP) is 7.70. The van der Waals surface area contributed by atoms with Gasteiger partial charge in [-0.05, 0) is 48.0 Å². The minimum Gasteiger partial charge on any atom is -0.454 e. The summed E-state index contributed by atoms with van der Waals surface area (Å²) in [6.45, 7) is 2.15. The highest BCUT2D eigenvalue weighted by molar-refractivity contribution is 6.15. The minimum absolute atomic E-state index is 0.822. The standard InChI is InChI=1S/C30H21N3O/c1-2-27-31-24-15-6-7-16-25(24)33(27)20-11-9-10-19(18-20)28-21-12-3-5-14-23(21)32-29-22-13-4-8-17-26(22)34-30(28)29/h3-18H,2H2,1H3. The van der Waals surface area contributed by atoms with Crippen molar-refractivity contribution in [1.82, 2.24) is 14.5 Å². The lowest BCUT2D eigenvalue weighted by Crippen LogP contribution is -2.00. The lowest BCUT2D eigenvalue weighted by Gasteiger charge is -2.12. The van der Waals surface area contributed by atoms with E-state index in [0.717, 1.165) is 73.1 Å². The topological polar surface area (TPSA) is 43.9 Å². The Morgan fingerprint density at radius 2 is 1.50 bits per heavy atom. The van der Waals surface area contributed by atoms with Gasteiger partial charge in [0.05, 0.1) is 16.6 Å². The molecule has 3 aromatic heterocycles. The zero-order chi connectivity index (χ0) is 22.6. The monoisotopic (exact) mass is 439 g/mol. The fourth-order valence-electron chi connectivity index (χ4n) is 5.03. The minimum atomic E-state index is 0.822. The van der Waals surface area contributed by atoms with E-state index in [0.29, 0.717) is 0 Å². The normalized spacial score (nSPS) is 11.8. The van der Waals surface area contributed by atoms with Crippen molar-refractivity contribution in [2.24, 2.45) is 0 Å². The van der Waals surface area contributed by atoms with E-state index in [1.807, 2.05) is 30.3 Å². The Labute approximate surface area is 196 Å². The van der Waals surface area contributed by atoms with Crippen LogP contribution in [0.25, 0.3) is 60.8 Å². The lowest BCUT2D eigenvalue weighted by molar-refractivity contribution is 0.670. The average molecular weight is 440 g/mol. The summed E-state index contributed by atoms with van der Waals surface area (Å²) in [5, 5.41) is 2.12. The molecule has 0 spiro atoms. The molecule has 34 heavy (non-hydrogen) atoms. The molecular formula is C30H21N3O. The van der Waals surface area contributed by atoms with Gasteiger partial charge in [0, 0.05) is 28.4 Å². The number of aromatic nitrogens is 3. The molecule has 0 saturated heterocycles. The van der Waals surface area contributed by atoms with E-state index in [1.54, 1.807) is 0 Å². The highest BCUT2D eigenvalue weighted by Gasteiger charge is 2.18. The van der Waals surface area contributed by atoms with Crippen LogP contribution in [0.4, 0.5) is 0 Å². The van der Waals surface area contributed by atoms with Crippen LogP contribution in [0.1, 0.15) is 12.7 Å². The van der Waals surface area contributed by atoms with E-state index in [-0.39, 0.29) is 0 Å². The molecule has 0 atom stereocenters. The molecule has 4 aromatic carbocycles. The van der Waals surface area contributed by atoms with Gasteiger partial charge < -0.3 is 4.42 Å². The van der Waals surface area contributed by atoms with Gasteiger partial charge in [0.1, 0.15) is 16.9 Å². The van der Waals surface area contributed by atoms with Crippen LogP contribution >= 0.6 is 0 Å². The van der Waals surface area contributed by atoms with Crippen LogP contribution in [-0.2, 0) is 6.42 Å². The maximum atomic E-state index is 6.41. The van der Waals surface area contributed by atoms with Crippen LogP contribution in [0.2, 0.25) is 0 Å². The van der Waals surface area contributed by atoms with Crippen molar-refractivity contribution < 1.29 is 4.42 Å². The molecule has 0 bridgehead atoms. The van der Waals surface area contributed by atoms with Gasteiger partial charge in [-0.15, -0.1) is 0 Å². The first kappa shape index (κ1) is 19.1. The number of nitrogens with zero attached hydrogens (tertiary/aromatic N) is 3. The number of hydrogen-bond donors (Lipinski definition) is 0. The Bertz CT molecular complexity index is 1860. The molecule has 0 aliphatic rings. The van der Waals surface area contributed by atoms with Crippen molar-refractivity contribution in [2.75, 3.05) is 0 Å². The molecule has 0 N–H and O–H groups in total. The fraction of sp³-hybridized carbons (Fsp3) is 0.0667. The average Bonchev–Trinajstić information content (AvgIpc) is 3.45. The SMILES string of the molecule is CCc1nc2ccccc2n1-c1cccc(-c2c3ccccc3nc3c2oc2ccccc23)c1. The molecule has 3 heterocycles. The molecule has 4 nitrogen and oxygen atoms in total. The zero-order valence-electron chi connectivity index (χ0n) is 18.7. The summed E-state index contributed by atoms with van der Waals surface area (Å²) >= 11 is 0. The first-order valence-corrected chi connectivity index (χ1v) is 11.6. The largest absolute Gasteiger partial charge is 0.454 e. The number of hydrogen-bond acceptors (Lipinski definition) is 3. The van der Waals surface area contributed by atoms with Crippen LogP contribution in [0.3, 0.4) is 0 Å². The van der Waals surface area contributed by atoms with Crippen molar-refractivity contribution in [1.29, 1.82) is 0 Å². The van der Waals surface area contributed by atoms with Crippen molar-refractivity contribution >= 4 is 44.0 Å². The quantitative estimate of drug-likeness (QED) is 0.283. The van der Waals surface area contributed by atoms with Crippen molar-refractivity contribution in [3.8, 4) is 16.8 Å². The molecule has 0 unspecified atom stereocenters. The van der Waals surface area contributed by atoms with Crippen molar-refractivity contribution in [3.63, 3.8) is 0 Å². The van der Waals surface area contributed by atoms with E-state index >= 15 is 0 Å². The van der Waals surface area contributed by atoms with Gasteiger partial charge in [0.15, 0.2) is 5.58 Å². The molecule has 0 saturated carbocycles. The molecule has 0 aliphatic heterocycles. The summed E-state index contributed by atoms with van der Waals surface area (Å²) in [4.78, 5) is 9.86. The van der Waals surface area contributed by atoms with Crippen molar-refractivity contribution in [3.05, 3.63) is 103 Å². The number of benzene rings is 4. The van der Waals surface area contributed by atoms with E-state index in [2.05, 4.69) is 78.2 Å². The van der Waals surface area contributed by atoms with Crippen LogP contribution in [0.5, 0.6) is 0 Å². The summed E-state index contributed by atoms with van der Waals surface area (Å²) < 4.78 is 8.67. The Kier molecular flexibility index (Phi) is 4.09. The molecule has 0 aliphatic carbocycles. The molecule has 0 fully saturated rings. The van der Waals surface area contributed by atoms with Gasteiger partial charge in [0.2, 0.25) is 0 Å². The van der Waals surface area contributed by atoms with E-state index in [9.17, 15) is 0 Å². The van der Waals surface area contributed by atoms with E-state index < -0.39 is 0 Å². The number of pyridine rings is 1. The summed E-state index contributed by atoms with van der Waals surface area (Å²) in [7, 11) is 0. The summed E-state index contributed by atoms with van der Waals surface area (Å²) in [5.41, 5.74) is 8.93. The molecule has 7 aromatic rings. The molecular weight excluding hydrogens is 418 g/mol. The molecule has 7 rings (SSSR count). The maximum Gasteiger partial charge on any atom is 0.162 e. The molecule has 4 heteroatoms. The third-order valence-corrected chi connectivity index (χ3v) is 6.54. The first-order valence-electron chi connectivity index (χ1n) is 11.6. The number of fused-ring (bicyclic) bond motifs is 5. The Morgan fingerprint density at radius 1 is 0.735 bits per heavy atom. The Hall–Kier alpha value is -4.44. The van der Waals surface area contributed by atoms with Crippen LogP contribution in [0.15, 0.2) is 101 Å². The van der Waals surface area contributed by atoms with Crippen LogP contribution in [-0.4, -0.2) is 14.5 Å². The van der Waals surface area contributed by atoms with Crippen LogP contribution in [0, 0.1) is 0 Å². The predicted molar refractivity (Wildman–Crippen MR) is 138 cm³/mol. The molecule has 0 amide bonds. The number of para-hydroxylation sites is 4. The van der Waals surface area contributed by atoms with Gasteiger partial charge in [-0.2, -0.15) is 0 Å². The second-order valence-electron chi connectivity index (χ2n) is 8.54. The Morgan fingerprint density at radius 3 is 2.38 bits per heavy atom. The highest BCUT2D eigenvalue weighted by atomic mass is 16.3. The van der Waals surface area contributed by atoms with E-state index in [4.69, 9.17) is 14.4 Å². The zero-order valence-corrected chi connectivity index (χ0v) is 18.7. The number of rotatable bonds is 3. The lowest BCUT2D eigenvalue weighted by atomic mass is 9.99. The van der Waals surface area contributed by atoms with Gasteiger partial charge in [0.25, 0.3) is 0 Å². The third-order valence-electron chi connectivity index (χ3n) is 6.54. The Balaban J connectivity index is 1.56.